The van der Waals surface area contributed by atoms with Crippen LogP contribution < -0.4 is 0 Å². The second-order valence-corrected chi connectivity index (χ2v) is 5.93. The van der Waals surface area contributed by atoms with Crippen molar-refractivity contribution in [3.63, 3.8) is 0 Å². The first-order chi connectivity index (χ1) is 13.0. The van der Waals surface area contributed by atoms with E-state index in [9.17, 15) is 24.6 Å². The second kappa shape index (κ2) is 7.66. The van der Waals surface area contributed by atoms with Gasteiger partial charge in [-0.25, -0.2) is 0 Å². The summed E-state index contributed by atoms with van der Waals surface area (Å²) in [5.41, 5.74) is -0.0684. The van der Waals surface area contributed by atoms with Gasteiger partial charge in [-0.2, -0.15) is 0 Å². The van der Waals surface area contributed by atoms with Gasteiger partial charge in [-0.1, -0.05) is 54.6 Å². The van der Waals surface area contributed by atoms with Gasteiger partial charge in [-0.05, 0) is 24.3 Å². The van der Waals surface area contributed by atoms with Gasteiger partial charge in [0.25, 0.3) is 0 Å². The smallest absolute Gasteiger partial charge is 0.185 e. The van der Waals surface area contributed by atoms with Crippen LogP contribution in [-0.4, -0.2) is 27.6 Å². The number of ketones is 3. The van der Waals surface area contributed by atoms with E-state index in [0.717, 1.165) is 0 Å². The van der Waals surface area contributed by atoms with Gasteiger partial charge in [0.15, 0.2) is 17.3 Å². The second-order valence-electron chi connectivity index (χ2n) is 5.93. The Bertz CT molecular complexity index is 950. The van der Waals surface area contributed by atoms with Crippen LogP contribution in [0.5, 0.6) is 11.5 Å². The molecule has 0 amide bonds. The minimum atomic E-state index is -1.71. The highest BCUT2D eigenvalue weighted by molar-refractivity contribution is 6.32. The Hall–Kier alpha value is -3.73. The van der Waals surface area contributed by atoms with Crippen molar-refractivity contribution in [3.8, 4) is 11.5 Å². The highest BCUT2D eigenvalue weighted by Crippen LogP contribution is 2.27. The molecule has 0 unspecified atom stereocenters. The highest BCUT2D eigenvalue weighted by Gasteiger charge is 2.37. The molecule has 5 heteroatoms. The number of carbonyl (C=O) groups is 3. The largest absolute Gasteiger partial charge is 0.507 e. The van der Waals surface area contributed by atoms with Crippen LogP contribution in [0.2, 0.25) is 0 Å². The Morgan fingerprint density at radius 1 is 0.556 bits per heavy atom. The molecule has 3 rings (SSSR count). The molecule has 0 aliphatic carbocycles. The number of Topliss-reactive ketones (excluding diaryl/α,β-unsaturated/α-hetero) is 3. The van der Waals surface area contributed by atoms with Gasteiger partial charge in [0.2, 0.25) is 0 Å². The summed E-state index contributed by atoms with van der Waals surface area (Å²) in [7, 11) is 0. The summed E-state index contributed by atoms with van der Waals surface area (Å²) in [6.07, 6.45) is 0. The average molecular weight is 360 g/mol. The molecule has 0 heterocycles. The van der Waals surface area contributed by atoms with Crippen molar-refractivity contribution in [2.24, 2.45) is 5.92 Å². The van der Waals surface area contributed by atoms with Gasteiger partial charge < -0.3 is 10.2 Å². The molecule has 3 aromatic rings. The minimum Gasteiger partial charge on any atom is -0.507 e. The zero-order valence-electron chi connectivity index (χ0n) is 14.2. The monoisotopic (exact) mass is 360 g/mol. The first kappa shape index (κ1) is 18.1. The number of hydrogen-bond donors (Lipinski definition) is 2. The Kier molecular flexibility index (Phi) is 5.13. The van der Waals surface area contributed by atoms with Gasteiger partial charge in [-0.3, -0.25) is 14.4 Å². The molecule has 27 heavy (non-hydrogen) atoms. The molecular weight excluding hydrogens is 344 g/mol. The van der Waals surface area contributed by atoms with Gasteiger partial charge in [0.1, 0.15) is 17.4 Å². The van der Waals surface area contributed by atoms with Crippen LogP contribution in [0.25, 0.3) is 0 Å². The van der Waals surface area contributed by atoms with Gasteiger partial charge in [-0.15, -0.1) is 0 Å². The predicted molar refractivity (Wildman–Crippen MR) is 99.1 cm³/mol. The Balaban J connectivity index is 2.11. The van der Waals surface area contributed by atoms with E-state index in [0.29, 0.717) is 0 Å². The number of para-hydroxylation sites is 2. The fourth-order valence-electron chi connectivity index (χ4n) is 2.80. The fourth-order valence-corrected chi connectivity index (χ4v) is 2.80. The molecule has 0 bridgehead atoms. The van der Waals surface area contributed by atoms with E-state index in [1.54, 1.807) is 18.2 Å². The lowest BCUT2D eigenvalue weighted by atomic mass is 9.83. The maximum atomic E-state index is 13.0. The van der Waals surface area contributed by atoms with Crippen molar-refractivity contribution >= 4 is 17.3 Å². The number of rotatable bonds is 6. The molecule has 0 radical (unpaired) electrons. The molecule has 0 saturated heterocycles. The van der Waals surface area contributed by atoms with Gasteiger partial charge in [0.05, 0.1) is 11.1 Å². The Labute approximate surface area is 155 Å². The molecule has 0 saturated carbocycles. The quantitative estimate of drug-likeness (QED) is 0.517. The average Bonchev–Trinajstić information content (AvgIpc) is 2.69. The number of phenolic OH excluding ortho intramolecular Hbond substituents is 2. The number of phenols is 2. The van der Waals surface area contributed by atoms with Crippen LogP contribution in [0, 0.1) is 5.92 Å². The summed E-state index contributed by atoms with van der Waals surface area (Å²) in [5.74, 6) is -4.70. The first-order valence-corrected chi connectivity index (χ1v) is 8.24. The molecule has 134 valence electrons. The molecule has 3 aromatic carbocycles. The molecule has 0 aliphatic rings. The van der Waals surface area contributed by atoms with E-state index in [1.165, 1.54) is 60.7 Å². The van der Waals surface area contributed by atoms with Crippen molar-refractivity contribution in [2.75, 3.05) is 0 Å². The third-order valence-corrected chi connectivity index (χ3v) is 4.18. The maximum Gasteiger partial charge on any atom is 0.185 e. The summed E-state index contributed by atoms with van der Waals surface area (Å²) in [5, 5.41) is 20.0. The fraction of sp³-hybridized carbons (Fsp3) is 0.0455. The van der Waals surface area contributed by atoms with Crippen molar-refractivity contribution in [2.45, 2.75) is 0 Å². The van der Waals surface area contributed by atoms with E-state index in [-0.39, 0.29) is 28.2 Å². The normalized spacial score (nSPS) is 10.6. The summed E-state index contributed by atoms with van der Waals surface area (Å²) in [6, 6.07) is 19.4. The number of aromatic hydroxyl groups is 2. The van der Waals surface area contributed by atoms with E-state index >= 15 is 0 Å². The van der Waals surface area contributed by atoms with Crippen molar-refractivity contribution in [3.05, 3.63) is 95.6 Å². The standard InChI is InChI=1S/C22H16O5/c23-17-12-6-4-10-15(17)21(26)19(20(25)14-8-2-1-3-9-14)22(27)16-11-5-7-13-18(16)24/h1-13,19,23-24H. The molecule has 0 aliphatic heterocycles. The molecule has 2 N–H and O–H groups in total. The molecule has 0 fully saturated rings. The summed E-state index contributed by atoms with van der Waals surface area (Å²) < 4.78 is 0. The molecule has 0 aromatic heterocycles. The van der Waals surface area contributed by atoms with Crippen LogP contribution in [0.15, 0.2) is 78.9 Å². The van der Waals surface area contributed by atoms with Gasteiger partial charge >= 0.3 is 0 Å². The van der Waals surface area contributed by atoms with Crippen LogP contribution in [0.3, 0.4) is 0 Å². The van der Waals surface area contributed by atoms with Crippen LogP contribution in [0.4, 0.5) is 0 Å². The first-order valence-electron chi connectivity index (χ1n) is 8.24. The van der Waals surface area contributed by atoms with Crippen molar-refractivity contribution < 1.29 is 24.6 Å². The zero-order chi connectivity index (χ0) is 19.4. The Morgan fingerprint density at radius 3 is 1.41 bits per heavy atom. The zero-order valence-corrected chi connectivity index (χ0v) is 14.2. The van der Waals surface area contributed by atoms with Crippen molar-refractivity contribution in [1.82, 2.24) is 0 Å². The maximum absolute atomic E-state index is 13.0. The number of hydrogen-bond acceptors (Lipinski definition) is 5. The topological polar surface area (TPSA) is 91.7 Å². The van der Waals surface area contributed by atoms with Gasteiger partial charge in [0, 0.05) is 5.56 Å². The molecule has 0 spiro atoms. The van der Waals surface area contributed by atoms with Crippen LogP contribution in [-0.2, 0) is 0 Å². The van der Waals surface area contributed by atoms with E-state index in [1.807, 2.05) is 0 Å². The van der Waals surface area contributed by atoms with E-state index in [4.69, 9.17) is 0 Å². The Morgan fingerprint density at radius 2 is 0.963 bits per heavy atom. The SMILES string of the molecule is O=C(c1ccccc1)C(C(=O)c1ccccc1O)C(=O)c1ccccc1O. The lowest BCUT2D eigenvalue weighted by Gasteiger charge is -2.15. The minimum absolute atomic E-state index is 0.129. The molecule has 5 nitrogen and oxygen atoms in total. The van der Waals surface area contributed by atoms with Crippen molar-refractivity contribution in [1.29, 1.82) is 0 Å². The summed E-state index contributed by atoms with van der Waals surface area (Å²) in [6.45, 7) is 0. The highest BCUT2D eigenvalue weighted by atomic mass is 16.3. The third kappa shape index (κ3) is 3.62. The third-order valence-electron chi connectivity index (χ3n) is 4.18. The predicted octanol–water partition coefficient (Wildman–Crippen LogP) is 3.66. The lowest BCUT2D eigenvalue weighted by Crippen LogP contribution is -2.32. The summed E-state index contributed by atoms with van der Waals surface area (Å²) in [4.78, 5) is 39.0. The van der Waals surface area contributed by atoms with Crippen LogP contribution in [0.1, 0.15) is 31.1 Å². The van der Waals surface area contributed by atoms with Crippen LogP contribution >= 0.6 is 0 Å². The van der Waals surface area contributed by atoms with E-state index in [2.05, 4.69) is 0 Å². The lowest BCUT2D eigenvalue weighted by molar-refractivity contribution is 0.0732. The number of benzene rings is 3. The summed E-state index contributed by atoms with van der Waals surface area (Å²) >= 11 is 0. The number of carbonyl (C=O) groups excluding carboxylic acids is 3. The molecule has 0 atom stereocenters. The van der Waals surface area contributed by atoms with E-state index < -0.39 is 23.3 Å². The molecular formula is C22H16O5.